The Bertz CT molecular complexity index is 584. The van der Waals surface area contributed by atoms with Crippen molar-refractivity contribution >= 4 is 23.3 Å². The molecule has 20 heavy (non-hydrogen) atoms. The maximum atomic E-state index is 13.2. The lowest BCUT2D eigenvalue weighted by molar-refractivity contribution is -0.121. The quantitative estimate of drug-likeness (QED) is 0.843. The van der Waals surface area contributed by atoms with Crippen LogP contribution >= 0.6 is 0 Å². The Morgan fingerprint density at radius 2 is 2.05 bits per heavy atom. The first-order chi connectivity index (χ1) is 9.40. The molecule has 6 heteroatoms. The molecule has 1 heterocycles. The van der Waals surface area contributed by atoms with E-state index in [-0.39, 0.29) is 36.2 Å². The van der Waals surface area contributed by atoms with Crippen LogP contribution < -0.4 is 10.2 Å². The van der Waals surface area contributed by atoms with E-state index in [0.29, 0.717) is 0 Å². The van der Waals surface area contributed by atoms with E-state index in [1.54, 1.807) is 0 Å². The number of hydrogen-bond donors (Lipinski definition) is 1. The van der Waals surface area contributed by atoms with Gasteiger partial charge in [0.25, 0.3) is 11.7 Å². The van der Waals surface area contributed by atoms with E-state index in [1.165, 1.54) is 6.07 Å². The van der Waals surface area contributed by atoms with Crippen molar-refractivity contribution < 1.29 is 18.8 Å². The van der Waals surface area contributed by atoms with Gasteiger partial charge in [-0.15, -0.1) is 0 Å². The van der Waals surface area contributed by atoms with Gasteiger partial charge in [-0.25, -0.2) is 4.39 Å². The van der Waals surface area contributed by atoms with Crippen molar-refractivity contribution in [3.63, 3.8) is 0 Å². The van der Waals surface area contributed by atoms with Crippen LogP contribution in [0.4, 0.5) is 10.1 Å². The number of Topliss-reactive ketones (excluding diaryl/α,β-unsaturated/α-hetero) is 1. The normalized spacial score (nSPS) is 13.9. The molecule has 0 unspecified atom stereocenters. The highest BCUT2D eigenvalue weighted by atomic mass is 19.1. The second-order valence-corrected chi connectivity index (χ2v) is 4.92. The predicted octanol–water partition coefficient (Wildman–Crippen LogP) is 1.27. The van der Waals surface area contributed by atoms with Crippen molar-refractivity contribution in [2.24, 2.45) is 0 Å². The van der Waals surface area contributed by atoms with Gasteiger partial charge in [0.2, 0.25) is 5.91 Å². The lowest BCUT2D eigenvalue weighted by Gasteiger charge is -2.16. The molecule has 1 aliphatic rings. The number of amides is 2. The van der Waals surface area contributed by atoms with Gasteiger partial charge in [0, 0.05) is 19.0 Å². The number of carbonyl (C=O) groups excluding carboxylic acids is 3. The van der Waals surface area contributed by atoms with Gasteiger partial charge in [-0.2, -0.15) is 0 Å². The van der Waals surface area contributed by atoms with Gasteiger partial charge < -0.3 is 10.2 Å². The number of halogens is 1. The summed E-state index contributed by atoms with van der Waals surface area (Å²) in [6, 6.07) is 3.57. The second kappa shape index (κ2) is 5.40. The first-order valence-electron chi connectivity index (χ1n) is 6.35. The van der Waals surface area contributed by atoms with Gasteiger partial charge >= 0.3 is 0 Å². The Kier molecular flexibility index (Phi) is 3.83. The minimum Gasteiger partial charge on any atom is -0.354 e. The largest absolute Gasteiger partial charge is 0.354 e. The molecule has 1 aromatic carbocycles. The van der Waals surface area contributed by atoms with Crippen LogP contribution in [0.3, 0.4) is 0 Å². The van der Waals surface area contributed by atoms with Gasteiger partial charge in [-0.3, -0.25) is 14.4 Å². The van der Waals surface area contributed by atoms with Crippen molar-refractivity contribution in [1.82, 2.24) is 5.32 Å². The van der Waals surface area contributed by atoms with Gasteiger partial charge in [-0.1, -0.05) is 0 Å². The summed E-state index contributed by atoms with van der Waals surface area (Å²) >= 11 is 0. The molecule has 2 rings (SSSR count). The summed E-state index contributed by atoms with van der Waals surface area (Å²) in [7, 11) is 0. The highest BCUT2D eigenvalue weighted by Gasteiger charge is 2.35. The first kappa shape index (κ1) is 14.2. The van der Waals surface area contributed by atoms with Crippen LogP contribution in [0.5, 0.6) is 0 Å². The molecule has 1 aliphatic heterocycles. The van der Waals surface area contributed by atoms with Crippen LogP contribution in [0.15, 0.2) is 18.2 Å². The molecule has 0 bridgehead atoms. The van der Waals surface area contributed by atoms with E-state index in [2.05, 4.69) is 5.32 Å². The minimum absolute atomic E-state index is 0.00291. The Morgan fingerprint density at radius 1 is 1.35 bits per heavy atom. The summed E-state index contributed by atoms with van der Waals surface area (Å²) in [4.78, 5) is 36.3. The summed E-state index contributed by atoms with van der Waals surface area (Å²) in [5, 5.41) is 2.69. The third-order valence-electron chi connectivity index (χ3n) is 2.95. The van der Waals surface area contributed by atoms with Crippen LogP contribution in [0.1, 0.15) is 30.6 Å². The molecule has 0 spiro atoms. The summed E-state index contributed by atoms with van der Waals surface area (Å²) < 4.78 is 13.2. The molecule has 106 valence electrons. The number of ketones is 1. The van der Waals surface area contributed by atoms with E-state index >= 15 is 0 Å². The van der Waals surface area contributed by atoms with Crippen LogP contribution in [0, 0.1) is 5.82 Å². The molecule has 0 saturated carbocycles. The molecule has 1 N–H and O–H groups in total. The standard InChI is InChI=1S/C14H15FN2O3/c1-8(2)16-12(18)5-6-17-11-7-9(15)3-4-10(11)13(19)14(17)20/h3-4,7-8H,5-6H2,1-2H3,(H,16,18). The molecule has 0 fully saturated rings. The zero-order valence-corrected chi connectivity index (χ0v) is 11.3. The van der Waals surface area contributed by atoms with E-state index in [4.69, 9.17) is 0 Å². The lowest BCUT2D eigenvalue weighted by atomic mass is 10.1. The van der Waals surface area contributed by atoms with Crippen molar-refractivity contribution in [2.45, 2.75) is 26.3 Å². The zero-order valence-electron chi connectivity index (χ0n) is 11.3. The monoisotopic (exact) mass is 278 g/mol. The van der Waals surface area contributed by atoms with Crippen LogP contribution in [0.2, 0.25) is 0 Å². The maximum absolute atomic E-state index is 13.2. The van der Waals surface area contributed by atoms with Crippen molar-refractivity contribution in [1.29, 1.82) is 0 Å². The molecule has 0 aliphatic carbocycles. The topological polar surface area (TPSA) is 66.5 Å². The van der Waals surface area contributed by atoms with E-state index in [0.717, 1.165) is 17.0 Å². The Balaban J connectivity index is 2.13. The molecule has 0 aromatic heterocycles. The Morgan fingerprint density at radius 3 is 2.70 bits per heavy atom. The molecule has 2 amide bonds. The highest BCUT2D eigenvalue weighted by molar-refractivity contribution is 6.52. The molecular formula is C14H15FN2O3. The number of hydrogen-bond acceptors (Lipinski definition) is 3. The minimum atomic E-state index is -0.719. The number of rotatable bonds is 4. The highest BCUT2D eigenvalue weighted by Crippen LogP contribution is 2.29. The van der Waals surface area contributed by atoms with Gasteiger partial charge in [0.05, 0.1) is 11.3 Å². The zero-order chi connectivity index (χ0) is 14.9. The van der Waals surface area contributed by atoms with Crippen LogP contribution in [-0.4, -0.2) is 30.2 Å². The number of anilines is 1. The maximum Gasteiger partial charge on any atom is 0.299 e. The molecule has 0 atom stereocenters. The fourth-order valence-electron chi connectivity index (χ4n) is 2.10. The number of carbonyl (C=O) groups is 3. The third-order valence-corrected chi connectivity index (χ3v) is 2.95. The number of nitrogens with zero attached hydrogens (tertiary/aromatic N) is 1. The average Bonchev–Trinajstić information content (AvgIpc) is 2.59. The average molecular weight is 278 g/mol. The van der Waals surface area contributed by atoms with Crippen LogP contribution in [0.25, 0.3) is 0 Å². The first-order valence-corrected chi connectivity index (χ1v) is 6.35. The lowest BCUT2D eigenvalue weighted by Crippen LogP contribution is -2.36. The van der Waals surface area contributed by atoms with Gasteiger partial charge in [0.1, 0.15) is 5.82 Å². The predicted molar refractivity (Wildman–Crippen MR) is 71.0 cm³/mol. The van der Waals surface area contributed by atoms with Gasteiger partial charge in [-0.05, 0) is 32.0 Å². The van der Waals surface area contributed by atoms with E-state index < -0.39 is 17.5 Å². The summed E-state index contributed by atoms with van der Waals surface area (Å²) in [6.45, 7) is 3.71. The Hall–Kier alpha value is -2.24. The molecule has 5 nitrogen and oxygen atoms in total. The molecular weight excluding hydrogens is 263 g/mol. The molecule has 0 saturated heterocycles. The molecule has 1 aromatic rings. The van der Waals surface area contributed by atoms with Crippen molar-refractivity contribution in [3.8, 4) is 0 Å². The smallest absolute Gasteiger partial charge is 0.299 e. The van der Waals surface area contributed by atoms with Crippen molar-refractivity contribution in [3.05, 3.63) is 29.6 Å². The summed E-state index contributed by atoms with van der Waals surface area (Å²) in [5.74, 6) is -2.12. The number of nitrogens with one attached hydrogen (secondary N) is 1. The fraction of sp³-hybridized carbons (Fsp3) is 0.357. The van der Waals surface area contributed by atoms with E-state index in [9.17, 15) is 18.8 Å². The number of benzene rings is 1. The SMILES string of the molecule is CC(C)NC(=O)CCN1C(=O)C(=O)c2ccc(F)cc21. The summed E-state index contributed by atoms with van der Waals surface area (Å²) in [6.07, 6.45) is 0.0627. The third kappa shape index (κ3) is 2.68. The van der Waals surface area contributed by atoms with Crippen molar-refractivity contribution in [2.75, 3.05) is 11.4 Å². The van der Waals surface area contributed by atoms with Gasteiger partial charge in [0.15, 0.2) is 0 Å². The second-order valence-electron chi connectivity index (χ2n) is 4.92. The number of fused-ring (bicyclic) bond motifs is 1. The van der Waals surface area contributed by atoms with Crippen LogP contribution in [-0.2, 0) is 9.59 Å². The fourth-order valence-corrected chi connectivity index (χ4v) is 2.10. The molecule has 0 radical (unpaired) electrons. The van der Waals surface area contributed by atoms with E-state index in [1.807, 2.05) is 13.8 Å². The Labute approximate surface area is 115 Å². The summed E-state index contributed by atoms with van der Waals surface area (Å²) in [5.41, 5.74) is 0.415.